The van der Waals surface area contributed by atoms with E-state index in [9.17, 15) is 4.79 Å². The molecular weight excluding hydrogens is 220 g/mol. The molecule has 2 aliphatic carbocycles. The van der Waals surface area contributed by atoms with Crippen LogP contribution in [-0.2, 0) is 4.79 Å². The highest BCUT2D eigenvalue weighted by molar-refractivity contribution is 5.96. The van der Waals surface area contributed by atoms with E-state index in [0.29, 0.717) is 11.7 Å². The minimum absolute atomic E-state index is 0.472. The van der Waals surface area contributed by atoms with Crippen molar-refractivity contribution >= 4 is 5.78 Å². The number of ketones is 1. The molecule has 1 atom stereocenters. The third-order valence-electron chi connectivity index (χ3n) is 4.73. The first-order valence-electron chi connectivity index (χ1n) is 8.04. The lowest BCUT2D eigenvalue weighted by molar-refractivity contribution is -0.116. The predicted octanol–water partition coefficient (Wildman–Crippen LogP) is 5.20. The fourth-order valence-electron chi connectivity index (χ4n) is 3.57. The number of hydrogen-bond donors (Lipinski definition) is 0. The molecule has 0 spiro atoms. The SMILES string of the molecule is C[C@H]1CCCCCCCCCC2=C1CCCC2=O. The van der Waals surface area contributed by atoms with Crippen LogP contribution in [0.3, 0.4) is 0 Å². The molecule has 0 amide bonds. The summed E-state index contributed by atoms with van der Waals surface area (Å²) in [6.45, 7) is 2.35. The molecule has 0 saturated heterocycles. The lowest BCUT2D eigenvalue weighted by Crippen LogP contribution is -2.16. The van der Waals surface area contributed by atoms with E-state index in [-0.39, 0.29) is 0 Å². The first-order chi connectivity index (χ1) is 8.79. The molecule has 18 heavy (non-hydrogen) atoms. The van der Waals surface area contributed by atoms with Gasteiger partial charge >= 0.3 is 0 Å². The Bertz CT molecular complexity index is 314. The number of carbonyl (C=O) groups excluding carboxylic acids is 1. The molecule has 1 heteroatoms. The van der Waals surface area contributed by atoms with Crippen LogP contribution in [0.2, 0.25) is 0 Å². The van der Waals surface area contributed by atoms with Gasteiger partial charge in [-0.25, -0.2) is 0 Å². The lowest BCUT2D eigenvalue weighted by atomic mass is 9.80. The average molecular weight is 248 g/mol. The number of carbonyl (C=O) groups is 1. The highest BCUT2D eigenvalue weighted by Gasteiger charge is 2.23. The van der Waals surface area contributed by atoms with Crippen molar-refractivity contribution in [3.63, 3.8) is 0 Å². The first-order valence-corrected chi connectivity index (χ1v) is 8.04. The minimum atomic E-state index is 0.472. The van der Waals surface area contributed by atoms with Crippen molar-refractivity contribution in [1.82, 2.24) is 0 Å². The van der Waals surface area contributed by atoms with Crippen molar-refractivity contribution < 1.29 is 4.79 Å². The van der Waals surface area contributed by atoms with Gasteiger partial charge in [0, 0.05) is 6.42 Å². The Hall–Kier alpha value is -0.590. The standard InChI is InChI=1S/C17H28O/c1-14-10-7-5-3-2-4-6-8-11-16-15(14)12-9-13-17(16)18/h14H,2-13H2,1H3/t14-/m0/s1. The van der Waals surface area contributed by atoms with Crippen LogP contribution in [0, 0.1) is 5.92 Å². The molecule has 0 N–H and O–H groups in total. The summed E-state index contributed by atoms with van der Waals surface area (Å²) in [7, 11) is 0. The van der Waals surface area contributed by atoms with Gasteiger partial charge in [0.2, 0.25) is 0 Å². The third kappa shape index (κ3) is 3.70. The summed E-state index contributed by atoms with van der Waals surface area (Å²) in [6, 6.07) is 0. The number of rotatable bonds is 0. The molecule has 0 aliphatic heterocycles. The van der Waals surface area contributed by atoms with Crippen LogP contribution in [0.25, 0.3) is 0 Å². The van der Waals surface area contributed by atoms with Crippen LogP contribution < -0.4 is 0 Å². The molecule has 0 fully saturated rings. The van der Waals surface area contributed by atoms with E-state index in [0.717, 1.165) is 19.3 Å². The molecule has 0 radical (unpaired) electrons. The normalized spacial score (nSPS) is 28.3. The van der Waals surface area contributed by atoms with E-state index in [4.69, 9.17) is 0 Å². The second-order valence-electron chi connectivity index (χ2n) is 6.20. The van der Waals surface area contributed by atoms with Crippen molar-refractivity contribution in [2.45, 2.75) is 84.0 Å². The maximum atomic E-state index is 12.1. The number of Topliss-reactive ketones (excluding diaryl/α,β-unsaturated/α-hetero) is 1. The highest BCUT2D eigenvalue weighted by atomic mass is 16.1. The van der Waals surface area contributed by atoms with Crippen LogP contribution in [0.1, 0.15) is 84.0 Å². The molecule has 0 aromatic heterocycles. The van der Waals surface area contributed by atoms with Crippen LogP contribution in [0.4, 0.5) is 0 Å². The van der Waals surface area contributed by atoms with Crippen molar-refractivity contribution in [3.8, 4) is 0 Å². The third-order valence-corrected chi connectivity index (χ3v) is 4.73. The Kier molecular flexibility index (Phi) is 5.46. The molecule has 2 aliphatic rings. The van der Waals surface area contributed by atoms with Crippen LogP contribution in [-0.4, -0.2) is 5.78 Å². The Labute approximate surface area is 112 Å². The molecule has 102 valence electrons. The number of allylic oxidation sites excluding steroid dienone is 2. The van der Waals surface area contributed by atoms with Crippen molar-refractivity contribution in [1.29, 1.82) is 0 Å². The van der Waals surface area contributed by atoms with E-state index in [1.54, 1.807) is 0 Å². The molecule has 0 aromatic rings. The maximum absolute atomic E-state index is 12.1. The van der Waals surface area contributed by atoms with Gasteiger partial charge < -0.3 is 0 Å². The fourth-order valence-corrected chi connectivity index (χ4v) is 3.57. The topological polar surface area (TPSA) is 17.1 Å². The summed E-state index contributed by atoms with van der Waals surface area (Å²) in [6.07, 6.45) is 14.9. The van der Waals surface area contributed by atoms with Gasteiger partial charge in [0.25, 0.3) is 0 Å². The zero-order valence-electron chi connectivity index (χ0n) is 12.0. The Morgan fingerprint density at radius 2 is 1.44 bits per heavy atom. The van der Waals surface area contributed by atoms with Gasteiger partial charge in [-0.3, -0.25) is 4.79 Å². The van der Waals surface area contributed by atoms with E-state index < -0.39 is 0 Å². The smallest absolute Gasteiger partial charge is 0.158 e. The van der Waals surface area contributed by atoms with Gasteiger partial charge in [0.15, 0.2) is 5.78 Å². The van der Waals surface area contributed by atoms with E-state index in [2.05, 4.69) is 6.92 Å². The molecule has 0 saturated carbocycles. The fraction of sp³-hybridized carbons (Fsp3) is 0.824. The summed E-state index contributed by atoms with van der Waals surface area (Å²) in [5, 5.41) is 0. The Morgan fingerprint density at radius 1 is 0.778 bits per heavy atom. The van der Waals surface area contributed by atoms with E-state index >= 15 is 0 Å². The molecule has 0 unspecified atom stereocenters. The Balaban J connectivity index is 2.10. The van der Waals surface area contributed by atoms with Crippen LogP contribution in [0.15, 0.2) is 11.1 Å². The number of hydrogen-bond acceptors (Lipinski definition) is 1. The molecular formula is C17H28O. The maximum Gasteiger partial charge on any atom is 0.158 e. The molecule has 1 nitrogen and oxygen atoms in total. The molecule has 0 aromatic carbocycles. The largest absolute Gasteiger partial charge is 0.295 e. The van der Waals surface area contributed by atoms with Gasteiger partial charge in [0.05, 0.1) is 0 Å². The van der Waals surface area contributed by atoms with E-state index in [1.165, 1.54) is 68.9 Å². The molecule has 2 rings (SSSR count). The van der Waals surface area contributed by atoms with Gasteiger partial charge in [-0.15, -0.1) is 0 Å². The summed E-state index contributed by atoms with van der Waals surface area (Å²) < 4.78 is 0. The second-order valence-corrected chi connectivity index (χ2v) is 6.20. The molecule has 0 heterocycles. The quantitative estimate of drug-likeness (QED) is 0.576. The second kappa shape index (κ2) is 7.11. The zero-order valence-corrected chi connectivity index (χ0v) is 12.0. The van der Waals surface area contributed by atoms with Gasteiger partial charge in [-0.05, 0) is 43.6 Å². The van der Waals surface area contributed by atoms with Gasteiger partial charge in [-0.1, -0.05) is 51.0 Å². The van der Waals surface area contributed by atoms with E-state index in [1.807, 2.05) is 0 Å². The van der Waals surface area contributed by atoms with Gasteiger partial charge in [-0.2, -0.15) is 0 Å². The minimum Gasteiger partial charge on any atom is -0.295 e. The van der Waals surface area contributed by atoms with Crippen molar-refractivity contribution in [2.75, 3.05) is 0 Å². The summed E-state index contributed by atoms with van der Waals surface area (Å²) in [4.78, 5) is 12.1. The van der Waals surface area contributed by atoms with Crippen molar-refractivity contribution in [2.24, 2.45) is 5.92 Å². The zero-order chi connectivity index (χ0) is 12.8. The summed E-state index contributed by atoms with van der Waals surface area (Å²) in [5.74, 6) is 1.13. The monoisotopic (exact) mass is 248 g/mol. The van der Waals surface area contributed by atoms with Crippen LogP contribution in [0.5, 0.6) is 0 Å². The van der Waals surface area contributed by atoms with Crippen molar-refractivity contribution in [3.05, 3.63) is 11.1 Å². The predicted molar refractivity (Wildman–Crippen MR) is 76.6 cm³/mol. The Morgan fingerprint density at radius 3 is 2.22 bits per heavy atom. The average Bonchev–Trinajstić information content (AvgIpc) is 2.36. The summed E-state index contributed by atoms with van der Waals surface area (Å²) in [5.41, 5.74) is 2.78. The summed E-state index contributed by atoms with van der Waals surface area (Å²) >= 11 is 0. The first kappa shape index (κ1) is 13.8. The molecule has 0 bridgehead atoms. The highest BCUT2D eigenvalue weighted by Crippen LogP contribution is 2.33. The van der Waals surface area contributed by atoms with Crippen LogP contribution >= 0.6 is 0 Å². The lowest BCUT2D eigenvalue weighted by Gasteiger charge is -2.25. The van der Waals surface area contributed by atoms with Gasteiger partial charge in [0.1, 0.15) is 0 Å².